The number of rotatable bonds is 3. The average Bonchev–Trinajstić information content (AvgIpc) is 3.08. The van der Waals surface area contributed by atoms with E-state index in [4.69, 9.17) is 14.1 Å². The second-order valence-electron chi connectivity index (χ2n) is 5.79. The Morgan fingerprint density at radius 1 is 1.30 bits per heavy atom. The predicted molar refractivity (Wildman–Crippen MR) is 86.4 cm³/mol. The zero-order valence-corrected chi connectivity index (χ0v) is 13.9. The number of esters is 1. The number of hydrogen-bond donors (Lipinski definition) is 0. The van der Waals surface area contributed by atoms with Gasteiger partial charge in [0.1, 0.15) is 11.5 Å². The molecule has 0 spiro atoms. The van der Waals surface area contributed by atoms with Gasteiger partial charge in [0.25, 0.3) is 0 Å². The lowest BCUT2D eigenvalue weighted by Gasteiger charge is -2.09. The summed E-state index contributed by atoms with van der Waals surface area (Å²) in [5.41, 5.74) is 2.66. The maximum absolute atomic E-state index is 12.2. The summed E-state index contributed by atoms with van der Waals surface area (Å²) >= 11 is 0. The highest BCUT2D eigenvalue weighted by atomic mass is 16.5. The maximum atomic E-state index is 12.2. The van der Waals surface area contributed by atoms with E-state index < -0.39 is 5.97 Å². The summed E-state index contributed by atoms with van der Waals surface area (Å²) in [6.45, 7) is 7.80. The normalized spacial score (nSPS) is 11.4. The number of pyridine rings is 1. The van der Waals surface area contributed by atoms with Gasteiger partial charge in [-0.2, -0.15) is 5.10 Å². The standard InChI is InChI=1S/C17H19N3O3/c1-9(2)20-16-14(8-18-20)13(17(21)22-5)7-15(19-16)12-6-10(3)23-11(12)4/h6-9H,1-5H3. The van der Waals surface area contributed by atoms with E-state index in [9.17, 15) is 4.79 Å². The minimum absolute atomic E-state index is 0.132. The molecule has 0 unspecified atom stereocenters. The Morgan fingerprint density at radius 3 is 2.61 bits per heavy atom. The van der Waals surface area contributed by atoms with E-state index in [1.807, 2.05) is 33.8 Å². The molecule has 0 aromatic carbocycles. The van der Waals surface area contributed by atoms with E-state index in [-0.39, 0.29) is 6.04 Å². The molecule has 3 aromatic rings. The second kappa shape index (κ2) is 5.53. The Labute approximate surface area is 134 Å². The highest BCUT2D eigenvalue weighted by Gasteiger charge is 2.20. The molecule has 0 aliphatic carbocycles. The van der Waals surface area contributed by atoms with Gasteiger partial charge in [-0.15, -0.1) is 0 Å². The molecule has 0 N–H and O–H groups in total. The summed E-state index contributed by atoms with van der Waals surface area (Å²) in [4.78, 5) is 16.9. The van der Waals surface area contributed by atoms with Gasteiger partial charge in [-0.3, -0.25) is 0 Å². The van der Waals surface area contributed by atoms with Gasteiger partial charge in [-0.1, -0.05) is 0 Å². The molecular weight excluding hydrogens is 294 g/mol. The molecule has 0 saturated carbocycles. The Hall–Kier alpha value is -2.63. The third-order valence-corrected chi connectivity index (χ3v) is 3.78. The molecule has 0 aliphatic rings. The van der Waals surface area contributed by atoms with E-state index in [0.29, 0.717) is 22.3 Å². The van der Waals surface area contributed by atoms with Crippen LogP contribution in [0, 0.1) is 13.8 Å². The maximum Gasteiger partial charge on any atom is 0.338 e. The van der Waals surface area contributed by atoms with Gasteiger partial charge in [-0.25, -0.2) is 14.5 Å². The second-order valence-corrected chi connectivity index (χ2v) is 5.79. The topological polar surface area (TPSA) is 70.2 Å². The zero-order valence-electron chi connectivity index (χ0n) is 13.9. The van der Waals surface area contributed by atoms with Crippen LogP contribution in [-0.2, 0) is 4.74 Å². The van der Waals surface area contributed by atoms with Crippen LogP contribution in [0.3, 0.4) is 0 Å². The van der Waals surface area contributed by atoms with Crippen molar-refractivity contribution in [1.29, 1.82) is 0 Å². The van der Waals surface area contributed by atoms with Crippen molar-refractivity contribution in [2.75, 3.05) is 7.11 Å². The molecule has 0 fully saturated rings. The van der Waals surface area contributed by atoms with E-state index in [1.54, 1.807) is 16.9 Å². The smallest absolute Gasteiger partial charge is 0.338 e. The molecular formula is C17H19N3O3. The molecule has 0 bridgehead atoms. The van der Waals surface area contributed by atoms with Gasteiger partial charge in [0, 0.05) is 11.6 Å². The molecule has 120 valence electrons. The molecule has 6 heteroatoms. The number of ether oxygens (including phenoxy) is 1. The molecule has 3 rings (SSSR count). The molecule has 3 heterocycles. The summed E-state index contributed by atoms with van der Waals surface area (Å²) in [6, 6.07) is 3.78. The quantitative estimate of drug-likeness (QED) is 0.690. The minimum Gasteiger partial charge on any atom is -0.466 e. The van der Waals surface area contributed by atoms with Crippen LogP contribution in [0.15, 0.2) is 22.7 Å². The molecule has 6 nitrogen and oxygen atoms in total. The predicted octanol–water partition coefficient (Wildman–Crippen LogP) is 3.68. The van der Waals surface area contributed by atoms with Crippen LogP contribution in [-0.4, -0.2) is 27.8 Å². The van der Waals surface area contributed by atoms with Crippen molar-refractivity contribution < 1.29 is 13.9 Å². The molecule has 0 radical (unpaired) electrons. The van der Waals surface area contributed by atoms with Crippen molar-refractivity contribution in [1.82, 2.24) is 14.8 Å². The highest BCUT2D eigenvalue weighted by Crippen LogP contribution is 2.30. The van der Waals surface area contributed by atoms with Gasteiger partial charge in [0.15, 0.2) is 5.65 Å². The Balaban J connectivity index is 2.33. The van der Waals surface area contributed by atoms with Gasteiger partial charge in [-0.05, 0) is 39.8 Å². The highest BCUT2D eigenvalue weighted by molar-refractivity contribution is 6.03. The summed E-state index contributed by atoms with van der Waals surface area (Å²) in [7, 11) is 1.37. The lowest BCUT2D eigenvalue weighted by Crippen LogP contribution is -2.07. The molecule has 23 heavy (non-hydrogen) atoms. The number of furan rings is 1. The number of nitrogens with zero attached hydrogens (tertiary/aromatic N) is 3. The number of aryl methyl sites for hydroxylation is 2. The fraction of sp³-hybridized carbons (Fsp3) is 0.353. The number of carbonyl (C=O) groups is 1. The van der Waals surface area contributed by atoms with Crippen molar-refractivity contribution in [2.45, 2.75) is 33.7 Å². The van der Waals surface area contributed by atoms with E-state index in [2.05, 4.69) is 5.10 Å². The monoisotopic (exact) mass is 313 g/mol. The molecule has 0 amide bonds. The largest absolute Gasteiger partial charge is 0.466 e. The van der Waals surface area contributed by atoms with Crippen LogP contribution in [0.4, 0.5) is 0 Å². The van der Waals surface area contributed by atoms with Gasteiger partial charge in [0.05, 0.1) is 30.0 Å². The Kier molecular flexibility index (Phi) is 3.67. The van der Waals surface area contributed by atoms with Crippen LogP contribution in [0.25, 0.3) is 22.3 Å². The third-order valence-electron chi connectivity index (χ3n) is 3.78. The van der Waals surface area contributed by atoms with Crippen molar-refractivity contribution in [3.63, 3.8) is 0 Å². The first-order valence-electron chi connectivity index (χ1n) is 7.46. The summed E-state index contributed by atoms with van der Waals surface area (Å²) in [5, 5.41) is 5.04. The van der Waals surface area contributed by atoms with E-state index >= 15 is 0 Å². The number of methoxy groups -OCH3 is 1. The zero-order chi connectivity index (χ0) is 16.7. The molecule has 0 aliphatic heterocycles. The van der Waals surface area contributed by atoms with Crippen molar-refractivity contribution in [3.05, 3.63) is 35.4 Å². The number of aromatic nitrogens is 3. The fourth-order valence-electron chi connectivity index (χ4n) is 2.70. The Bertz CT molecular complexity index is 890. The van der Waals surface area contributed by atoms with E-state index in [0.717, 1.165) is 17.1 Å². The first kappa shape index (κ1) is 15.3. The van der Waals surface area contributed by atoms with Crippen LogP contribution >= 0.6 is 0 Å². The summed E-state index contributed by atoms with van der Waals surface area (Å²) in [5.74, 6) is 1.16. The lowest BCUT2D eigenvalue weighted by molar-refractivity contribution is 0.0603. The SMILES string of the molecule is COC(=O)c1cc(-c2cc(C)oc2C)nc2c1cnn2C(C)C. The lowest BCUT2D eigenvalue weighted by atomic mass is 10.1. The molecule has 0 saturated heterocycles. The Morgan fingerprint density at radius 2 is 2.04 bits per heavy atom. The molecule has 0 atom stereocenters. The van der Waals surface area contributed by atoms with Gasteiger partial charge < -0.3 is 9.15 Å². The van der Waals surface area contributed by atoms with Crippen LogP contribution in [0.1, 0.15) is 41.8 Å². The molecule has 3 aromatic heterocycles. The number of carbonyl (C=O) groups excluding carboxylic acids is 1. The van der Waals surface area contributed by atoms with Crippen molar-refractivity contribution in [3.8, 4) is 11.3 Å². The van der Waals surface area contributed by atoms with Gasteiger partial charge in [0.2, 0.25) is 0 Å². The number of fused-ring (bicyclic) bond motifs is 1. The fourth-order valence-corrected chi connectivity index (χ4v) is 2.70. The number of hydrogen-bond acceptors (Lipinski definition) is 5. The van der Waals surface area contributed by atoms with Crippen LogP contribution in [0.5, 0.6) is 0 Å². The van der Waals surface area contributed by atoms with E-state index in [1.165, 1.54) is 7.11 Å². The minimum atomic E-state index is -0.403. The van der Waals surface area contributed by atoms with Crippen LogP contribution < -0.4 is 0 Å². The van der Waals surface area contributed by atoms with Crippen molar-refractivity contribution >= 4 is 17.0 Å². The first-order valence-corrected chi connectivity index (χ1v) is 7.46. The summed E-state index contributed by atoms with van der Waals surface area (Å²) in [6.07, 6.45) is 1.66. The van der Waals surface area contributed by atoms with Gasteiger partial charge >= 0.3 is 5.97 Å². The first-order chi connectivity index (χ1) is 10.9. The van der Waals surface area contributed by atoms with Crippen molar-refractivity contribution in [2.24, 2.45) is 0 Å². The average molecular weight is 313 g/mol. The summed E-state index contributed by atoms with van der Waals surface area (Å²) < 4.78 is 12.3. The van der Waals surface area contributed by atoms with Crippen LogP contribution in [0.2, 0.25) is 0 Å². The third kappa shape index (κ3) is 2.50.